The van der Waals surface area contributed by atoms with Crippen LogP contribution in [0, 0.1) is 17.2 Å². The van der Waals surface area contributed by atoms with Gasteiger partial charge in [-0.05, 0) is 49.1 Å². The van der Waals surface area contributed by atoms with E-state index in [0.717, 1.165) is 28.6 Å². The molecule has 0 aliphatic rings. The Morgan fingerprint density at radius 1 is 1.30 bits per heavy atom. The van der Waals surface area contributed by atoms with Crippen molar-refractivity contribution in [3.8, 4) is 22.9 Å². The minimum absolute atomic E-state index is 0.372. The lowest BCUT2D eigenvalue weighted by Gasteiger charge is -2.26. The topological polar surface area (TPSA) is 76.9 Å². The Bertz CT molecular complexity index is 995. The van der Waals surface area contributed by atoms with E-state index in [1.165, 1.54) is 0 Å². The van der Waals surface area contributed by atoms with Gasteiger partial charge in [-0.2, -0.15) is 5.26 Å². The molecule has 0 unspecified atom stereocenters. The molecule has 1 atom stereocenters. The summed E-state index contributed by atoms with van der Waals surface area (Å²) in [6.45, 7) is 6.63. The molecule has 0 fully saturated rings. The van der Waals surface area contributed by atoms with Crippen LogP contribution in [0.2, 0.25) is 0 Å². The second kappa shape index (κ2) is 7.42. The van der Waals surface area contributed by atoms with Gasteiger partial charge >= 0.3 is 0 Å². The van der Waals surface area contributed by atoms with Crippen LogP contribution in [-0.2, 0) is 7.05 Å². The monoisotopic (exact) mass is 362 g/mol. The van der Waals surface area contributed by atoms with Crippen LogP contribution < -0.4 is 10.5 Å². The largest absolute Gasteiger partial charge is 0.490 e. The number of hydrogen-bond donors (Lipinski definition) is 1. The maximum absolute atomic E-state index is 9.61. The Labute approximate surface area is 160 Å². The van der Waals surface area contributed by atoms with E-state index in [1.54, 1.807) is 6.20 Å². The summed E-state index contributed by atoms with van der Waals surface area (Å²) in [7, 11) is 1.99. The number of aromatic nitrogens is 2. The predicted molar refractivity (Wildman–Crippen MR) is 108 cm³/mol. The molecule has 27 heavy (non-hydrogen) atoms. The van der Waals surface area contributed by atoms with E-state index in [9.17, 15) is 5.26 Å². The van der Waals surface area contributed by atoms with E-state index in [1.807, 2.05) is 55.1 Å². The van der Waals surface area contributed by atoms with Crippen molar-refractivity contribution >= 4 is 11.0 Å². The first kappa shape index (κ1) is 18.9. The highest BCUT2D eigenvalue weighted by Crippen LogP contribution is 2.31. The molecule has 5 heteroatoms. The molecule has 2 heterocycles. The van der Waals surface area contributed by atoms with Crippen LogP contribution in [0.25, 0.3) is 22.2 Å². The average Bonchev–Trinajstić information content (AvgIpc) is 3.00. The van der Waals surface area contributed by atoms with Gasteiger partial charge in [0.25, 0.3) is 0 Å². The van der Waals surface area contributed by atoms with E-state index in [0.29, 0.717) is 23.8 Å². The lowest BCUT2D eigenvalue weighted by atomic mass is 9.93. The Balaban J connectivity index is 1.91. The Hall–Kier alpha value is -2.84. The molecular formula is C22H26N4O. The summed E-state index contributed by atoms with van der Waals surface area (Å²) < 4.78 is 7.96. The summed E-state index contributed by atoms with van der Waals surface area (Å²) in [5.74, 6) is 1.06. The Kier molecular flexibility index (Phi) is 5.20. The average molecular weight is 362 g/mol. The third-order valence-corrected chi connectivity index (χ3v) is 4.60. The van der Waals surface area contributed by atoms with E-state index in [2.05, 4.69) is 24.9 Å². The number of rotatable bonds is 6. The van der Waals surface area contributed by atoms with Gasteiger partial charge < -0.3 is 15.0 Å². The zero-order valence-corrected chi connectivity index (χ0v) is 16.4. The molecule has 0 aliphatic heterocycles. The maximum atomic E-state index is 9.61. The van der Waals surface area contributed by atoms with Gasteiger partial charge in [0.05, 0.1) is 16.6 Å². The fourth-order valence-corrected chi connectivity index (χ4v) is 3.60. The molecule has 0 saturated heterocycles. The normalized spacial score (nSPS) is 13.5. The SMILES string of the molecule is CC(C)C[C@](C)(N)COc1ccc(-c2ccnc3ccn(C)c23)cc1C#N. The smallest absolute Gasteiger partial charge is 0.137 e. The molecule has 0 amide bonds. The first-order valence-electron chi connectivity index (χ1n) is 9.17. The summed E-state index contributed by atoms with van der Waals surface area (Å²) >= 11 is 0. The summed E-state index contributed by atoms with van der Waals surface area (Å²) in [5, 5.41) is 9.61. The van der Waals surface area contributed by atoms with Crippen LogP contribution in [0.15, 0.2) is 42.7 Å². The number of benzene rings is 1. The summed E-state index contributed by atoms with van der Waals surface area (Å²) in [5.41, 5.74) is 10.4. The van der Waals surface area contributed by atoms with E-state index in [4.69, 9.17) is 10.5 Å². The lowest BCUT2D eigenvalue weighted by Crippen LogP contribution is -2.43. The molecule has 0 radical (unpaired) electrons. The molecule has 5 nitrogen and oxygen atoms in total. The van der Waals surface area contributed by atoms with Gasteiger partial charge in [0.2, 0.25) is 0 Å². The van der Waals surface area contributed by atoms with Crippen LogP contribution >= 0.6 is 0 Å². The molecule has 2 aromatic heterocycles. The minimum Gasteiger partial charge on any atom is -0.490 e. The van der Waals surface area contributed by atoms with E-state index < -0.39 is 5.54 Å². The number of ether oxygens (including phenoxy) is 1. The van der Waals surface area contributed by atoms with Gasteiger partial charge in [0, 0.05) is 30.5 Å². The van der Waals surface area contributed by atoms with Gasteiger partial charge in [-0.25, -0.2) is 0 Å². The zero-order chi connectivity index (χ0) is 19.6. The third-order valence-electron chi connectivity index (χ3n) is 4.60. The second-order valence-electron chi connectivity index (χ2n) is 7.88. The van der Waals surface area contributed by atoms with Crippen LogP contribution in [0.3, 0.4) is 0 Å². The number of nitrogens with zero attached hydrogens (tertiary/aromatic N) is 3. The first-order chi connectivity index (χ1) is 12.8. The van der Waals surface area contributed by atoms with Crippen molar-refractivity contribution in [2.75, 3.05) is 6.61 Å². The van der Waals surface area contributed by atoms with E-state index >= 15 is 0 Å². The van der Waals surface area contributed by atoms with Crippen LogP contribution in [-0.4, -0.2) is 21.7 Å². The molecule has 3 aromatic rings. The second-order valence-corrected chi connectivity index (χ2v) is 7.88. The number of aryl methyl sites for hydroxylation is 1. The van der Waals surface area contributed by atoms with Crippen LogP contribution in [0.5, 0.6) is 5.75 Å². The molecular weight excluding hydrogens is 336 g/mol. The molecule has 0 aliphatic carbocycles. The highest BCUT2D eigenvalue weighted by Gasteiger charge is 2.22. The van der Waals surface area contributed by atoms with Crippen LogP contribution in [0.1, 0.15) is 32.8 Å². The predicted octanol–water partition coefficient (Wildman–Crippen LogP) is 4.25. The standard InChI is InChI=1S/C22H26N4O/c1-15(2)12-22(3,24)14-27-20-6-5-16(11-17(20)13-23)18-7-9-25-19-8-10-26(4)21(18)19/h5-11,15H,12,14,24H2,1-4H3/t22-/m0/s1. The highest BCUT2D eigenvalue weighted by molar-refractivity contribution is 5.92. The quantitative estimate of drug-likeness (QED) is 0.711. The van der Waals surface area contributed by atoms with Crippen molar-refractivity contribution in [1.82, 2.24) is 9.55 Å². The fraction of sp³-hybridized carbons (Fsp3) is 0.364. The van der Waals surface area contributed by atoms with Gasteiger partial charge in [-0.3, -0.25) is 4.98 Å². The molecule has 2 N–H and O–H groups in total. The molecule has 0 saturated carbocycles. The summed E-state index contributed by atoms with van der Waals surface area (Å²) in [6, 6.07) is 11.9. The molecule has 1 aromatic carbocycles. The van der Waals surface area contributed by atoms with Crippen LogP contribution in [0.4, 0.5) is 0 Å². The van der Waals surface area contributed by atoms with E-state index in [-0.39, 0.29) is 0 Å². The molecule has 0 bridgehead atoms. The highest BCUT2D eigenvalue weighted by atomic mass is 16.5. The number of pyridine rings is 1. The van der Waals surface area contributed by atoms with Gasteiger partial charge in [-0.1, -0.05) is 19.9 Å². The van der Waals surface area contributed by atoms with Gasteiger partial charge in [0.1, 0.15) is 18.4 Å². The van der Waals surface area contributed by atoms with Crippen molar-refractivity contribution in [3.63, 3.8) is 0 Å². The Morgan fingerprint density at radius 2 is 2.07 bits per heavy atom. The third kappa shape index (κ3) is 4.12. The Morgan fingerprint density at radius 3 is 2.78 bits per heavy atom. The maximum Gasteiger partial charge on any atom is 0.137 e. The molecule has 3 rings (SSSR count). The number of fused-ring (bicyclic) bond motifs is 1. The zero-order valence-electron chi connectivity index (χ0n) is 16.4. The van der Waals surface area contributed by atoms with Crippen molar-refractivity contribution in [1.29, 1.82) is 5.26 Å². The summed E-state index contributed by atoms with van der Waals surface area (Å²) in [6.07, 6.45) is 4.63. The van der Waals surface area contributed by atoms with Gasteiger partial charge in [-0.15, -0.1) is 0 Å². The van der Waals surface area contributed by atoms with Crippen molar-refractivity contribution in [3.05, 3.63) is 48.3 Å². The number of nitrogens with two attached hydrogens (primary N) is 1. The van der Waals surface area contributed by atoms with Crippen molar-refractivity contribution in [2.24, 2.45) is 18.7 Å². The summed E-state index contributed by atoms with van der Waals surface area (Å²) in [4.78, 5) is 4.40. The lowest BCUT2D eigenvalue weighted by molar-refractivity contribution is 0.206. The first-order valence-corrected chi connectivity index (χ1v) is 9.17. The van der Waals surface area contributed by atoms with Gasteiger partial charge in [0.15, 0.2) is 0 Å². The van der Waals surface area contributed by atoms with Crippen molar-refractivity contribution in [2.45, 2.75) is 32.7 Å². The minimum atomic E-state index is -0.431. The molecule has 140 valence electrons. The fourth-order valence-electron chi connectivity index (χ4n) is 3.60. The molecule has 0 spiro atoms. The number of nitriles is 1. The number of hydrogen-bond acceptors (Lipinski definition) is 4. The van der Waals surface area contributed by atoms with Crippen molar-refractivity contribution < 1.29 is 4.74 Å².